The first-order valence-electron chi connectivity index (χ1n) is 5.92. The molecule has 0 spiro atoms. The van der Waals surface area contributed by atoms with E-state index in [0.29, 0.717) is 17.0 Å². The fraction of sp³-hybridized carbons (Fsp3) is 0.250. The number of nitrogens with zero attached hydrogens (tertiary/aromatic N) is 4. The molecule has 0 aliphatic heterocycles. The van der Waals surface area contributed by atoms with Crippen LogP contribution in [0.4, 0.5) is 11.4 Å². The monoisotopic (exact) mass is 310 g/mol. The second-order valence-electron chi connectivity index (χ2n) is 4.48. The number of hydrogen-bond donors (Lipinski definition) is 0. The number of hydrogen-bond acceptors (Lipinski definition) is 5. The van der Waals surface area contributed by atoms with E-state index < -0.39 is 9.85 Å². The maximum absolute atomic E-state index is 10.9. The molecule has 0 saturated carbocycles. The van der Waals surface area contributed by atoms with Gasteiger partial charge in [-0.05, 0) is 25.5 Å². The fourth-order valence-corrected chi connectivity index (χ4v) is 2.26. The third kappa shape index (κ3) is 2.84. The molecule has 110 valence electrons. The second-order valence-corrected chi connectivity index (χ2v) is 4.88. The Morgan fingerprint density at radius 2 is 1.90 bits per heavy atom. The largest absolute Gasteiger partial charge is 0.312 e. The summed E-state index contributed by atoms with van der Waals surface area (Å²) in [5.41, 5.74) is 1.05. The smallest absolute Gasteiger partial charge is 0.258 e. The second kappa shape index (κ2) is 5.49. The summed E-state index contributed by atoms with van der Waals surface area (Å²) in [6.07, 6.45) is 0. The Balaban J connectivity index is 2.39. The summed E-state index contributed by atoms with van der Waals surface area (Å²) in [6.45, 7) is 3.33. The van der Waals surface area contributed by atoms with Crippen LogP contribution in [0.3, 0.4) is 0 Å². The van der Waals surface area contributed by atoms with Gasteiger partial charge in [-0.3, -0.25) is 24.9 Å². The molecule has 0 radical (unpaired) electrons. The SMILES string of the molecule is Cc1nn(Cc2ccc(Cl)c([N+](=O)[O-])c2)c(C)c1[N+](=O)[O-]. The maximum atomic E-state index is 10.9. The van der Waals surface area contributed by atoms with Crippen LogP contribution in [0.2, 0.25) is 5.02 Å². The van der Waals surface area contributed by atoms with Gasteiger partial charge in [-0.25, -0.2) is 0 Å². The van der Waals surface area contributed by atoms with Gasteiger partial charge in [0.2, 0.25) is 0 Å². The van der Waals surface area contributed by atoms with E-state index in [1.54, 1.807) is 19.9 Å². The van der Waals surface area contributed by atoms with Crippen LogP contribution in [0.1, 0.15) is 17.0 Å². The van der Waals surface area contributed by atoms with Crippen molar-refractivity contribution >= 4 is 23.0 Å². The molecule has 2 aromatic rings. The highest BCUT2D eigenvalue weighted by molar-refractivity contribution is 6.32. The number of aryl methyl sites for hydroxylation is 1. The molecule has 0 fully saturated rings. The molecule has 0 unspecified atom stereocenters. The number of nitro groups is 2. The van der Waals surface area contributed by atoms with Crippen LogP contribution < -0.4 is 0 Å². The van der Waals surface area contributed by atoms with E-state index in [2.05, 4.69) is 5.10 Å². The van der Waals surface area contributed by atoms with Crippen LogP contribution >= 0.6 is 11.6 Å². The minimum atomic E-state index is -0.574. The topological polar surface area (TPSA) is 104 Å². The third-order valence-electron chi connectivity index (χ3n) is 3.07. The number of nitro benzene ring substituents is 1. The summed E-state index contributed by atoms with van der Waals surface area (Å²) in [7, 11) is 0. The predicted molar refractivity (Wildman–Crippen MR) is 75.6 cm³/mol. The molecule has 1 heterocycles. The van der Waals surface area contributed by atoms with Gasteiger partial charge in [0.25, 0.3) is 5.69 Å². The molecule has 0 bridgehead atoms. The van der Waals surface area contributed by atoms with Gasteiger partial charge < -0.3 is 0 Å². The van der Waals surface area contributed by atoms with Crippen molar-refractivity contribution in [2.75, 3.05) is 0 Å². The van der Waals surface area contributed by atoms with Gasteiger partial charge in [0.1, 0.15) is 16.4 Å². The Morgan fingerprint density at radius 3 is 2.43 bits per heavy atom. The summed E-state index contributed by atoms with van der Waals surface area (Å²) in [5, 5.41) is 25.9. The Bertz CT molecular complexity index is 741. The lowest BCUT2D eigenvalue weighted by Crippen LogP contribution is -2.05. The average molecular weight is 311 g/mol. The van der Waals surface area contributed by atoms with Crippen molar-refractivity contribution in [3.63, 3.8) is 0 Å². The molecule has 0 amide bonds. The first-order valence-corrected chi connectivity index (χ1v) is 6.30. The van der Waals surface area contributed by atoms with E-state index in [0.717, 1.165) is 0 Å². The van der Waals surface area contributed by atoms with E-state index in [-0.39, 0.29) is 22.9 Å². The average Bonchev–Trinajstić information content (AvgIpc) is 2.66. The van der Waals surface area contributed by atoms with Crippen molar-refractivity contribution in [1.82, 2.24) is 9.78 Å². The standard InChI is InChI=1S/C12H11ClN4O4/c1-7-12(17(20)21)8(2)15(14-7)6-9-3-4-10(13)11(5-9)16(18)19/h3-5H,6H2,1-2H3. The molecule has 0 aliphatic rings. The summed E-state index contributed by atoms with van der Waals surface area (Å²) in [5.74, 6) is 0. The number of benzene rings is 1. The van der Waals surface area contributed by atoms with Crippen molar-refractivity contribution < 1.29 is 9.85 Å². The Morgan fingerprint density at radius 1 is 1.24 bits per heavy atom. The van der Waals surface area contributed by atoms with Crippen LogP contribution in [0, 0.1) is 34.1 Å². The maximum Gasteiger partial charge on any atom is 0.312 e. The Hall–Kier alpha value is -2.48. The van der Waals surface area contributed by atoms with Gasteiger partial charge in [0.05, 0.1) is 16.4 Å². The van der Waals surface area contributed by atoms with Crippen molar-refractivity contribution in [2.24, 2.45) is 0 Å². The predicted octanol–water partition coefficient (Wildman–Crippen LogP) is 3.02. The quantitative estimate of drug-likeness (QED) is 0.637. The summed E-state index contributed by atoms with van der Waals surface area (Å²) < 4.78 is 1.44. The lowest BCUT2D eigenvalue weighted by molar-refractivity contribution is -0.386. The minimum Gasteiger partial charge on any atom is -0.258 e. The molecule has 0 aliphatic carbocycles. The normalized spacial score (nSPS) is 10.6. The van der Waals surface area contributed by atoms with Crippen molar-refractivity contribution in [2.45, 2.75) is 20.4 Å². The van der Waals surface area contributed by atoms with Crippen LogP contribution in [-0.4, -0.2) is 19.6 Å². The highest BCUT2D eigenvalue weighted by Crippen LogP contribution is 2.27. The van der Waals surface area contributed by atoms with E-state index in [9.17, 15) is 20.2 Å². The van der Waals surface area contributed by atoms with Crippen LogP contribution in [0.25, 0.3) is 0 Å². The lowest BCUT2D eigenvalue weighted by Gasteiger charge is -2.04. The molecule has 1 aromatic carbocycles. The molecule has 0 atom stereocenters. The number of aromatic nitrogens is 2. The van der Waals surface area contributed by atoms with E-state index in [1.165, 1.54) is 16.8 Å². The molecule has 0 N–H and O–H groups in total. The molecule has 2 rings (SSSR count). The highest BCUT2D eigenvalue weighted by Gasteiger charge is 2.22. The number of rotatable bonds is 4. The van der Waals surface area contributed by atoms with Gasteiger partial charge in [-0.15, -0.1) is 0 Å². The van der Waals surface area contributed by atoms with E-state index in [4.69, 9.17) is 11.6 Å². The third-order valence-corrected chi connectivity index (χ3v) is 3.39. The lowest BCUT2D eigenvalue weighted by atomic mass is 10.2. The van der Waals surface area contributed by atoms with E-state index in [1.807, 2.05) is 0 Å². The molecule has 8 nitrogen and oxygen atoms in total. The number of halogens is 1. The van der Waals surface area contributed by atoms with Gasteiger partial charge >= 0.3 is 5.69 Å². The summed E-state index contributed by atoms with van der Waals surface area (Å²) in [6, 6.07) is 4.39. The van der Waals surface area contributed by atoms with Crippen LogP contribution in [-0.2, 0) is 6.54 Å². The Labute approximate surface area is 124 Å². The van der Waals surface area contributed by atoms with Crippen LogP contribution in [0.5, 0.6) is 0 Å². The van der Waals surface area contributed by atoms with Crippen molar-refractivity contribution in [3.8, 4) is 0 Å². The van der Waals surface area contributed by atoms with Crippen molar-refractivity contribution in [3.05, 3.63) is 60.4 Å². The molecule has 21 heavy (non-hydrogen) atoms. The van der Waals surface area contributed by atoms with Gasteiger partial charge in [-0.1, -0.05) is 17.7 Å². The molecule has 1 aromatic heterocycles. The highest BCUT2D eigenvalue weighted by atomic mass is 35.5. The first-order chi connectivity index (χ1) is 9.81. The minimum absolute atomic E-state index is 0.0431. The van der Waals surface area contributed by atoms with Crippen LogP contribution in [0.15, 0.2) is 18.2 Å². The zero-order valence-corrected chi connectivity index (χ0v) is 12.0. The van der Waals surface area contributed by atoms with Gasteiger partial charge in [0, 0.05) is 6.07 Å². The van der Waals surface area contributed by atoms with E-state index >= 15 is 0 Å². The zero-order valence-electron chi connectivity index (χ0n) is 11.2. The van der Waals surface area contributed by atoms with Gasteiger partial charge in [-0.2, -0.15) is 5.10 Å². The zero-order chi connectivity index (χ0) is 15.7. The molecular formula is C12H11ClN4O4. The first kappa shape index (κ1) is 14.9. The molecule has 0 saturated heterocycles. The van der Waals surface area contributed by atoms with Gasteiger partial charge in [0.15, 0.2) is 0 Å². The molecule has 9 heteroatoms. The summed E-state index contributed by atoms with van der Waals surface area (Å²) >= 11 is 5.74. The van der Waals surface area contributed by atoms with Crippen molar-refractivity contribution in [1.29, 1.82) is 0 Å². The fourth-order valence-electron chi connectivity index (χ4n) is 2.08. The summed E-state index contributed by atoms with van der Waals surface area (Å²) in [4.78, 5) is 20.7. The molecular weight excluding hydrogens is 300 g/mol. The Kier molecular flexibility index (Phi) is 3.90.